The normalized spacial score (nSPS) is 32.8. The molecule has 2 aliphatic rings. The van der Waals surface area contributed by atoms with Gasteiger partial charge in [-0.1, -0.05) is 19.3 Å². The molecule has 1 saturated carbocycles. The van der Waals surface area contributed by atoms with Gasteiger partial charge in [-0.3, -0.25) is 0 Å². The molecule has 0 amide bonds. The summed E-state index contributed by atoms with van der Waals surface area (Å²) in [5, 5.41) is 18.0. The van der Waals surface area contributed by atoms with E-state index in [-0.39, 0.29) is 5.92 Å². The fraction of sp³-hybridized carbons (Fsp3) is 1.00. The van der Waals surface area contributed by atoms with E-state index in [2.05, 4.69) is 0 Å². The SMILES string of the molecule is OC(O)([C@H]1O[C@@H]1C1CCCCC1)C(F)(F)F. The van der Waals surface area contributed by atoms with Crippen LogP contribution in [0.5, 0.6) is 0 Å². The highest BCUT2D eigenvalue weighted by Gasteiger charge is 2.68. The van der Waals surface area contributed by atoms with E-state index in [1.54, 1.807) is 0 Å². The Morgan fingerprint density at radius 2 is 1.56 bits per heavy atom. The van der Waals surface area contributed by atoms with Gasteiger partial charge in [-0.25, -0.2) is 0 Å². The smallest absolute Gasteiger partial charge is 0.363 e. The van der Waals surface area contributed by atoms with Crippen molar-refractivity contribution in [3.63, 3.8) is 0 Å². The summed E-state index contributed by atoms with van der Waals surface area (Å²) in [7, 11) is 0. The van der Waals surface area contributed by atoms with Gasteiger partial charge in [0.1, 0.15) is 6.10 Å². The highest BCUT2D eigenvalue weighted by molar-refractivity contribution is 5.02. The van der Waals surface area contributed by atoms with Crippen molar-refractivity contribution in [1.82, 2.24) is 0 Å². The maximum Gasteiger partial charge on any atom is 0.445 e. The molecule has 3 nitrogen and oxygen atoms in total. The van der Waals surface area contributed by atoms with Crippen LogP contribution in [0.15, 0.2) is 0 Å². The van der Waals surface area contributed by atoms with Crippen LogP contribution >= 0.6 is 0 Å². The van der Waals surface area contributed by atoms with Crippen LogP contribution in [0.4, 0.5) is 13.2 Å². The highest BCUT2D eigenvalue weighted by Crippen LogP contribution is 2.47. The first-order valence-corrected chi connectivity index (χ1v) is 5.51. The number of alkyl halides is 3. The molecule has 2 fully saturated rings. The fourth-order valence-electron chi connectivity index (χ4n) is 2.43. The average Bonchev–Trinajstić information content (AvgIpc) is 2.97. The Morgan fingerprint density at radius 1 is 1.00 bits per heavy atom. The molecular formula is C10H15F3O3. The molecule has 0 unspecified atom stereocenters. The highest BCUT2D eigenvalue weighted by atomic mass is 19.4. The predicted octanol–water partition coefficient (Wildman–Crippen LogP) is 1.58. The third kappa shape index (κ3) is 2.06. The molecule has 0 aromatic rings. The van der Waals surface area contributed by atoms with E-state index >= 15 is 0 Å². The summed E-state index contributed by atoms with van der Waals surface area (Å²) in [5.41, 5.74) is 0. The Bertz CT molecular complexity index is 259. The van der Waals surface area contributed by atoms with Gasteiger partial charge in [0.05, 0.1) is 6.10 Å². The summed E-state index contributed by atoms with van der Waals surface area (Å²) in [6.45, 7) is 0. The minimum absolute atomic E-state index is 0.0415. The van der Waals surface area contributed by atoms with Crippen LogP contribution in [-0.2, 0) is 4.74 Å². The van der Waals surface area contributed by atoms with Crippen LogP contribution < -0.4 is 0 Å². The summed E-state index contributed by atoms with van der Waals surface area (Å²) >= 11 is 0. The Morgan fingerprint density at radius 3 is 2.06 bits per heavy atom. The first-order chi connectivity index (χ1) is 7.34. The van der Waals surface area contributed by atoms with Crippen LogP contribution in [0.25, 0.3) is 0 Å². The minimum Gasteiger partial charge on any atom is -0.363 e. The van der Waals surface area contributed by atoms with Crippen LogP contribution in [0.2, 0.25) is 0 Å². The molecule has 2 atom stereocenters. The zero-order chi connectivity index (χ0) is 12.0. The van der Waals surface area contributed by atoms with E-state index in [1.165, 1.54) is 0 Å². The number of ether oxygens (including phenoxy) is 1. The zero-order valence-corrected chi connectivity index (χ0v) is 8.70. The van der Waals surface area contributed by atoms with Gasteiger partial charge in [0.2, 0.25) is 0 Å². The van der Waals surface area contributed by atoms with Gasteiger partial charge in [0, 0.05) is 0 Å². The second-order valence-corrected chi connectivity index (χ2v) is 4.64. The molecule has 16 heavy (non-hydrogen) atoms. The van der Waals surface area contributed by atoms with Gasteiger partial charge in [-0.2, -0.15) is 13.2 Å². The average molecular weight is 240 g/mol. The van der Waals surface area contributed by atoms with E-state index in [9.17, 15) is 13.2 Å². The van der Waals surface area contributed by atoms with Gasteiger partial charge in [-0.05, 0) is 18.8 Å². The predicted molar refractivity (Wildman–Crippen MR) is 48.5 cm³/mol. The third-order valence-electron chi connectivity index (χ3n) is 3.45. The molecule has 0 bridgehead atoms. The molecule has 0 aromatic heterocycles. The van der Waals surface area contributed by atoms with Crippen LogP contribution in [-0.4, -0.2) is 34.4 Å². The van der Waals surface area contributed by atoms with Gasteiger partial charge >= 0.3 is 6.18 Å². The van der Waals surface area contributed by atoms with Crippen molar-refractivity contribution in [3.05, 3.63) is 0 Å². The van der Waals surface area contributed by atoms with Crippen molar-refractivity contribution in [3.8, 4) is 0 Å². The molecule has 2 rings (SSSR count). The number of hydrogen-bond donors (Lipinski definition) is 2. The number of rotatable bonds is 2. The second kappa shape index (κ2) is 3.85. The summed E-state index contributed by atoms with van der Waals surface area (Å²) in [6.07, 6.45) is -2.52. The molecule has 1 aliphatic carbocycles. The van der Waals surface area contributed by atoms with Crippen molar-refractivity contribution >= 4 is 0 Å². The topological polar surface area (TPSA) is 53.0 Å². The summed E-state index contributed by atoms with van der Waals surface area (Å²) in [4.78, 5) is 0. The van der Waals surface area contributed by atoms with Crippen LogP contribution in [0.1, 0.15) is 32.1 Å². The first kappa shape index (κ1) is 12.1. The Balaban J connectivity index is 1.95. The van der Waals surface area contributed by atoms with Crippen molar-refractivity contribution in [2.75, 3.05) is 0 Å². The van der Waals surface area contributed by atoms with E-state index in [4.69, 9.17) is 14.9 Å². The van der Waals surface area contributed by atoms with E-state index in [0.717, 1.165) is 32.1 Å². The van der Waals surface area contributed by atoms with Crippen molar-refractivity contribution in [2.45, 2.75) is 56.3 Å². The molecule has 0 spiro atoms. The second-order valence-electron chi connectivity index (χ2n) is 4.64. The molecule has 94 valence electrons. The Labute approximate surface area is 91.2 Å². The van der Waals surface area contributed by atoms with Crippen molar-refractivity contribution < 1.29 is 28.1 Å². The van der Waals surface area contributed by atoms with Gasteiger partial charge in [0.25, 0.3) is 5.79 Å². The number of halogens is 3. The molecule has 0 radical (unpaired) electrons. The summed E-state index contributed by atoms with van der Waals surface area (Å²) < 4.78 is 41.7. The fourth-order valence-corrected chi connectivity index (χ4v) is 2.43. The van der Waals surface area contributed by atoms with Gasteiger partial charge in [0.15, 0.2) is 0 Å². The maximum atomic E-state index is 12.3. The number of epoxide rings is 1. The molecule has 0 aromatic carbocycles. The van der Waals surface area contributed by atoms with Crippen molar-refractivity contribution in [2.24, 2.45) is 5.92 Å². The summed E-state index contributed by atoms with van der Waals surface area (Å²) in [6, 6.07) is 0. The monoisotopic (exact) mass is 240 g/mol. The molecule has 6 heteroatoms. The van der Waals surface area contributed by atoms with Gasteiger partial charge in [-0.15, -0.1) is 0 Å². The maximum absolute atomic E-state index is 12.3. The molecule has 1 heterocycles. The number of aliphatic hydroxyl groups is 2. The summed E-state index contributed by atoms with van der Waals surface area (Å²) in [5.74, 6) is -3.66. The minimum atomic E-state index is -5.05. The molecule has 1 saturated heterocycles. The molecular weight excluding hydrogens is 225 g/mol. The van der Waals surface area contributed by atoms with E-state index in [1.807, 2.05) is 0 Å². The largest absolute Gasteiger partial charge is 0.445 e. The molecule has 2 N–H and O–H groups in total. The lowest BCUT2D eigenvalue weighted by molar-refractivity contribution is -0.355. The third-order valence-corrected chi connectivity index (χ3v) is 3.45. The number of hydrogen-bond acceptors (Lipinski definition) is 3. The van der Waals surface area contributed by atoms with Crippen LogP contribution in [0.3, 0.4) is 0 Å². The molecule has 1 aliphatic heterocycles. The standard InChI is InChI=1S/C10H15F3O3/c11-10(12,13)9(14,15)8-7(16-8)6-4-2-1-3-5-6/h6-8,14-15H,1-5H2/t7-,8+/m1/s1. The van der Waals surface area contributed by atoms with Crippen LogP contribution in [0, 0.1) is 5.92 Å². The van der Waals surface area contributed by atoms with Crippen molar-refractivity contribution in [1.29, 1.82) is 0 Å². The Hall–Kier alpha value is -0.330. The van der Waals surface area contributed by atoms with E-state index in [0.29, 0.717) is 0 Å². The first-order valence-electron chi connectivity index (χ1n) is 5.51. The van der Waals surface area contributed by atoms with E-state index < -0.39 is 24.2 Å². The Kier molecular flexibility index (Phi) is 2.92. The lowest BCUT2D eigenvalue weighted by Gasteiger charge is -2.24. The lowest BCUT2D eigenvalue weighted by atomic mass is 9.85. The lowest BCUT2D eigenvalue weighted by Crippen LogP contribution is -2.51. The quantitative estimate of drug-likeness (QED) is 0.569. The zero-order valence-electron chi connectivity index (χ0n) is 8.70. The van der Waals surface area contributed by atoms with Gasteiger partial charge < -0.3 is 14.9 Å².